The number of nitrogens with one attached hydrogen (secondary N) is 3. The minimum absolute atomic E-state index is 0.0585. The lowest BCUT2D eigenvalue weighted by molar-refractivity contribution is -0.113. The largest absolute Gasteiger partial charge is 0.476 e. The number of pyridine rings is 1. The van der Waals surface area contributed by atoms with Gasteiger partial charge in [0.25, 0.3) is 5.91 Å². The summed E-state index contributed by atoms with van der Waals surface area (Å²) in [7, 11) is 0. The number of benzene rings is 1. The van der Waals surface area contributed by atoms with E-state index in [1.807, 2.05) is 19.1 Å². The van der Waals surface area contributed by atoms with Crippen LogP contribution in [0.3, 0.4) is 0 Å². The molecule has 3 aromatic heterocycles. The van der Waals surface area contributed by atoms with Crippen molar-refractivity contribution in [2.24, 2.45) is 0 Å². The van der Waals surface area contributed by atoms with Crippen LogP contribution in [0.25, 0.3) is 10.9 Å². The Labute approximate surface area is 198 Å². The molecule has 1 unspecified atom stereocenters. The van der Waals surface area contributed by atoms with Gasteiger partial charge in [0, 0.05) is 28.5 Å². The highest BCUT2D eigenvalue weighted by Crippen LogP contribution is 2.39. The summed E-state index contributed by atoms with van der Waals surface area (Å²) in [5.74, 6) is -0.955. The van der Waals surface area contributed by atoms with Gasteiger partial charge in [0.1, 0.15) is 17.0 Å². The molecule has 11 heteroatoms. The molecule has 1 aliphatic heterocycles. The number of hydrogen-bond acceptors (Lipinski definition) is 6. The highest BCUT2D eigenvalue weighted by atomic mass is 35.5. The van der Waals surface area contributed by atoms with E-state index in [2.05, 4.69) is 30.9 Å². The van der Waals surface area contributed by atoms with Crippen molar-refractivity contribution in [3.63, 3.8) is 0 Å². The number of carboxylic acid groups (broad SMARTS) is 1. The van der Waals surface area contributed by atoms with E-state index in [4.69, 9.17) is 11.6 Å². The quantitative estimate of drug-likeness (QED) is 0.319. The van der Waals surface area contributed by atoms with Crippen molar-refractivity contribution in [1.82, 2.24) is 25.0 Å². The van der Waals surface area contributed by atoms with Gasteiger partial charge in [0.05, 0.1) is 17.3 Å². The van der Waals surface area contributed by atoms with Crippen molar-refractivity contribution in [1.29, 1.82) is 0 Å². The van der Waals surface area contributed by atoms with Gasteiger partial charge in [-0.15, -0.1) is 0 Å². The third-order valence-electron chi connectivity index (χ3n) is 5.80. The third-order valence-corrected chi connectivity index (χ3v) is 6.02. The minimum atomic E-state index is -1.13. The predicted octanol–water partition coefficient (Wildman–Crippen LogP) is 4.00. The fraction of sp³-hybridized carbons (Fsp3) is 0.174. The van der Waals surface area contributed by atoms with Gasteiger partial charge in [-0.25, -0.2) is 14.5 Å². The lowest BCUT2D eigenvalue weighted by Gasteiger charge is -2.30. The third kappa shape index (κ3) is 3.57. The highest BCUT2D eigenvalue weighted by molar-refractivity contribution is 6.29. The molecule has 4 aromatic rings. The summed E-state index contributed by atoms with van der Waals surface area (Å²) in [5.41, 5.74) is 3.56. The van der Waals surface area contributed by atoms with Crippen LogP contribution in [0.5, 0.6) is 0 Å². The van der Waals surface area contributed by atoms with Gasteiger partial charge in [0.15, 0.2) is 5.69 Å². The normalized spacial score (nSPS) is 15.2. The zero-order chi connectivity index (χ0) is 24.0. The van der Waals surface area contributed by atoms with Crippen molar-refractivity contribution in [3.8, 4) is 0 Å². The summed E-state index contributed by atoms with van der Waals surface area (Å²) in [6.07, 6.45) is 3.69. The lowest BCUT2D eigenvalue weighted by Crippen LogP contribution is -2.31. The van der Waals surface area contributed by atoms with Crippen LogP contribution in [0.2, 0.25) is 5.15 Å². The maximum absolute atomic E-state index is 13.6. The number of nitrogens with zero attached hydrogens (tertiary/aromatic N) is 4. The second-order valence-electron chi connectivity index (χ2n) is 7.89. The summed E-state index contributed by atoms with van der Waals surface area (Å²) < 4.78 is 1.54. The number of anilines is 2. The monoisotopic (exact) mass is 477 g/mol. The van der Waals surface area contributed by atoms with Gasteiger partial charge in [-0.1, -0.05) is 24.6 Å². The van der Waals surface area contributed by atoms with Crippen molar-refractivity contribution >= 4 is 45.9 Å². The van der Waals surface area contributed by atoms with E-state index in [9.17, 15) is 14.7 Å². The van der Waals surface area contributed by atoms with Crippen LogP contribution in [-0.4, -0.2) is 41.9 Å². The van der Waals surface area contributed by atoms with Gasteiger partial charge < -0.3 is 15.7 Å². The Balaban J connectivity index is 1.61. The predicted molar refractivity (Wildman–Crippen MR) is 127 cm³/mol. The molecule has 1 aliphatic rings. The fourth-order valence-electron chi connectivity index (χ4n) is 4.24. The lowest BCUT2D eigenvalue weighted by atomic mass is 9.95. The van der Waals surface area contributed by atoms with Gasteiger partial charge in [-0.3, -0.25) is 9.89 Å². The summed E-state index contributed by atoms with van der Waals surface area (Å²) in [4.78, 5) is 29.6. The molecule has 1 atom stereocenters. The molecule has 0 radical (unpaired) electrons. The van der Waals surface area contributed by atoms with E-state index in [1.165, 1.54) is 4.68 Å². The van der Waals surface area contributed by atoms with Crippen LogP contribution in [0.1, 0.15) is 41.5 Å². The minimum Gasteiger partial charge on any atom is -0.476 e. The average molecular weight is 478 g/mol. The van der Waals surface area contributed by atoms with Crippen LogP contribution >= 0.6 is 11.6 Å². The van der Waals surface area contributed by atoms with Crippen LogP contribution < -0.4 is 10.6 Å². The molecule has 4 N–H and O–H groups in total. The van der Waals surface area contributed by atoms with Crippen molar-refractivity contribution in [2.45, 2.75) is 26.3 Å². The molecule has 0 bridgehead atoms. The van der Waals surface area contributed by atoms with Crippen molar-refractivity contribution in [2.75, 3.05) is 10.6 Å². The number of carbonyl (C=O) groups is 2. The van der Waals surface area contributed by atoms with E-state index in [0.29, 0.717) is 45.5 Å². The maximum atomic E-state index is 13.6. The van der Waals surface area contributed by atoms with Crippen molar-refractivity contribution < 1.29 is 14.7 Å². The number of rotatable bonds is 5. The fourth-order valence-corrected chi connectivity index (χ4v) is 4.35. The van der Waals surface area contributed by atoms with Crippen LogP contribution in [0, 0.1) is 0 Å². The molecule has 172 valence electrons. The molecule has 1 aromatic carbocycles. The van der Waals surface area contributed by atoms with Gasteiger partial charge >= 0.3 is 5.97 Å². The zero-order valence-corrected chi connectivity index (χ0v) is 19.0. The molecule has 4 heterocycles. The summed E-state index contributed by atoms with van der Waals surface area (Å²) in [6.45, 7) is 3.64. The Morgan fingerprint density at radius 3 is 2.76 bits per heavy atom. The summed E-state index contributed by atoms with van der Waals surface area (Å²) in [6, 6.07) is 8.09. The average Bonchev–Trinajstić information content (AvgIpc) is 3.42. The number of aromatic carboxylic acids is 1. The number of fused-ring (bicyclic) bond motifs is 2. The number of aromatic nitrogens is 5. The number of hydrogen-bond donors (Lipinski definition) is 4. The number of H-pyrrole nitrogens is 1. The maximum Gasteiger partial charge on any atom is 0.356 e. The van der Waals surface area contributed by atoms with E-state index >= 15 is 0 Å². The molecule has 0 saturated carbocycles. The molecule has 0 spiro atoms. The molecule has 1 amide bonds. The molecular weight excluding hydrogens is 458 g/mol. The molecular formula is C23H20ClN7O3. The number of carboxylic acids is 1. The number of carbonyl (C=O) groups excluding carboxylic acids is 1. The Kier molecular flexibility index (Phi) is 5.29. The number of aromatic amines is 1. The Bertz CT molecular complexity index is 1470. The Morgan fingerprint density at radius 2 is 2.06 bits per heavy atom. The summed E-state index contributed by atoms with van der Waals surface area (Å²) >= 11 is 5.99. The van der Waals surface area contributed by atoms with E-state index < -0.39 is 12.0 Å². The van der Waals surface area contributed by atoms with Gasteiger partial charge in [-0.05, 0) is 43.2 Å². The van der Waals surface area contributed by atoms with Crippen molar-refractivity contribution in [3.05, 3.63) is 76.0 Å². The number of amides is 1. The van der Waals surface area contributed by atoms with E-state index in [0.717, 1.165) is 10.9 Å². The number of halogens is 1. The zero-order valence-electron chi connectivity index (χ0n) is 18.3. The second-order valence-corrected chi connectivity index (χ2v) is 8.27. The first-order valence-electron chi connectivity index (χ1n) is 10.6. The number of allylic oxidation sites excluding steroid dienone is 1. The highest BCUT2D eigenvalue weighted by Gasteiger charge is 2.36. The van der Waals surface area contributed by atoms with Gasteiger partial charge in [0.2, 0.25) is 0 Å². The smallest absolute Gasteiger partial charge is 0.356 e. The first kappa shape index (κ1) is 21.7. The van der Waals surface area contributed by atoms with Crippen LogP contribution in [0.4, 0.5) is 11.5 Å². The standard InChI is InChI=1S/C23H20ClN7O3/c1-3-15-19(23(33)34)30-31-20(12-4-7-17(24)25-9-12)18(11(2)27-21(15)31)22(32)28-14-5-6-16-13(8-14)10-26-29-16/h4-10,20,27H,3H2,1-2H3,(H,26,29)(H,28,32)(H,33,34). The first-order valence-corrected chi connectivity index (χ1v) is 10.9. The van der Waals surface area contributed by atoms with Gasteiger partial charge in [-0.2, -0.15) is 10.2 Å². The summed E-state index contributed by atoms with van der Waals surface area (Å²) in [5, 5.41) is 28.3. The molecule has 10 nitrogen and oxygen atoms in total. The second kappa shape index (κ2) is 8.31. The molecule has 0 aliphatic carbocycles. The van der Waals surface area contributed by atoms with E-state index in [1.54, 1.807) is 37.5 Å². The van der Waals surface area contributed by atoms with E-state index in [-0.39, 0.29) is 11.6 Å². The topological polar surface area (TPSA) is 138 Å². The first-order chi connectivity index (χ1) is 16.4. The molecule has 0 saturated heterocycles. The van der Waals surface area contributed by atoms with Crippen LogP contribution in [0.15, 0.2) is 54.0 Å². The Hall–Kier alpha value is -4.18. The Morgan fingerprint density at radius 1 is 1.24 bits per heavy atom. The SMILES string of the molecule is CCc1c(C(=O)O)nn2c1NC(C)=C(C(=O)Nc1ccc3[nH]ncc3c1)C2c1ccc(Cl)nc1. The van der Waals surface area contributed by atoms with Crippen LogP contribution in [-0.2, 0) is 11.2 Å². The molecule has 0 fully saturated rings. The molecule has 34 heavy (non-hydrogen) atoms. The molecule has 5 rings (SSSR count).